The van der Waals surface area contributed by atoms with Gasteiger partial charge in [-0.3, -0.25) is 4.79 Å². The van der Waals surface area contributed by atoms with Gasteiger partial charge in [0.05, 0.1) is 5.75 Å². The first-order valence-electron chi connectivity index (χ1n) is 8.35. The number of carbonyl (C=O) groups is 1. The molecule has 2 rings (SSSR count). The number of rotatable bonds is 7. The molecule has 0 aliphatic rings. The molecule has 4 nitrogen and oxygen atoms in total. The van der Waals surface area contributed by atoms with Gasteiger partial charge in [-0.2, -0.15) is 0 Å². The molecule has 0 fully saturated rings. The number of benzene rings is 1. The third-order valence-corrected chi connectivity index (χ3v) is 5.27. The summed E-state index contributed by atoms with van der Waals surface area (Å²) < 4.78 is 5.30. The van der Waals surface area contributed by atoms with Crippen molar-refractivity contribution >= 4 is 28.6 Å². The van der Waals surface area contributed by atoms with Gasteiger partial charge in [-0.15, -0.1) is 11.8 Å². The summed E-state index contributed by atoms with van der Waals surface area (Å²) >= 11 is 1.52. The Balaban J connectivity index is 2.09. The van der Waals surface area contributed by atoms with Gasteiger partial charge in [0.2, 0.25) is 5.91 Å². The summed E-state index contributed by atoms with van der Waals surface area (Å²) in [6, 6.07) is 5.73. The summed E-state index contributed by atoms with van der Waals surface area (Å²) in [5.74, 6) is 1.05. The Kier molecular flexibility index (Phi) is 6.49. The lowest BCUT2D eigenvalue weighted by molar-refractivity contribution is -0.119. The zero-order valence-corrected chi connectivity index (χ0v) is 15.6. The summed E-state index contributed by atoms with van der Waals surface area (Å²) in [4.78, 5) is 23.7. The van der Waals surface area contributed by atoms with Crippen LogP contribution in [0.15, 0.2) is 27.4 Å². The molecule has 1 aromatic carbocycles. The second kappa shape index (κ2) is 8.38. The molecule has 5 heteroatoms. The van der Waals surface area contributed by atoms with Crippen LogP contribution < -0.4 is 10.9 Å². The number of hydrogen-bond donors (Lipinski definition) is 1. The Bertz CT molecular complexity index is 778. The number of hydrogen-bond acceptors (Lipinski definition) is 4. The van der Waals surface area contributed by atoms with E-state index in [1.807, 2.05) is 26.0 Å². The molecular formula is C19H25NO3S. The zero-order chi connectivity index (χ0) is 17.7. The highest BCUT2D eigenvalue weighted by Crippen LogP contribution is 2.24. The Morgan fingerprint density at radius 2 is 1.83 bits per heavy atom. The molecule has 1 amide bonds. The Labute approximate surface area is 147 Å². The Morgan fingerprint density at radius 1 is 1.17 bits per heavy atom. The van der Waals surface area contributed by atoms with Crippen LogP contribution in [0.3, 0.4) is 0 Å². The summed E-state index contributed by atoms with van der Waals surface area (Å²) in [5, 5.41) is 3.98. The molecule has 1 aromatic heterocycles. The van der Waals surface area contributed by atoms with Gasteiger partial charge in [0, 0.05) is 23.2 Å². The van der Waals surface area contributed by atoms with Gasteiger partial charge in [-0.05, 0) is 55.5 Å². The largest absolute Gasteiger partial charge is 0.423 e. The van der Waals surface area contributed by atoms with Crippen molar-refractivity contribution < 1.29 is 9.21 Å². The van der Waals surface area contributed by atoms with Gasteiger partial charge < -0.3 is 9.73 Å². The van der Waals surface area contributed by atoms with Crippen molar-refractivity contribution in [1.82, 2.24) is 5.32 Å². The highest BCUT2D eigenvalue weighted by atomic mass is 32.2. The topological polar surface area (TPSA) is 59.3 Å². The maximum atomic E-state index is 12.0. The lowest BCUT2D eigenvalue weighted by Crippen LogP contribution is -2.35. The Morgan fingerprint density at radius 3 is 2.50 bits per heavy atom. The van der Waals surface area contributed by atoms with Gasteiger partial charge in [0.1, 0.15) is 5.58 Å². The molecule has 1 heterocycles. The van der Waals surface area contributed by atoms with Crippen LogP contribution in [0, 0.1) is 13.8 Å². The van der Waals surface area contributed by atoms with E-state index in [1.165, 1.54) is 17.8 Å². The van der Waals surface area contributed by atoms with E-state index >= 15 is 0 Å². The maximum absolute atomic E-state index is 12.0. The highest BCUT2D eigenvalue weighted by Gasteiger charge is 2.11. The molecule has 0 spiro atoms. The highest BCUT2D eigenvalue weighted by molar-refractivity contribution is 7.99. The average molecular weight is 347 g/mol. The van der Waals surface area contributed by atoms with Crippen LogP contribution in [-0.2, 0) is 10.5 Å². The number of carbonyl (C=O) groups excluding carboxylic acids is 1. The average Bonchev–Trinajstić information content (AvgIpc) is 2.54. The van der Waals surface area contributed by atoms with Crippen LogP contribution in [0.25, 0.3) is 11.0 Å². The van der Waals surface area contributed by atoms with Crippen LogP contribution in [-0.4, -0.2) is 17.7 Å². The van der Waals surface area contributed by atoms with Gasteiger partial charge in [-0.25, -0.2) is 4.79 Å². The monoisotopic (exact) mass is 347 g/mol. The predicted octanol–water partition coefficient (Wildman–Crippen LogP) is 3.95. The van der Waals surface area contributed by atoms with Gasteiger partial charge in [0.15, 0.2) is 0 Å². The number of fused-ring (bicyclic) bond motifs is 1. The van der Waals surface area contributed by atoms with E-state index in [4.69, 9.17) is 4.42 Å². The summed E-state index contributed by atoms with van der Waals surface area (Å²) in [7, 11) is 0. The van der Waals surface area contributed by atoms with Crippen molar-refractivity contribution in [2.75, 3.05) is 5.75 Å². The molecule has 24 heavy (non-hydrogen) atoms. The minimum Gasteiger partial charge on any atom is -0.423 e. The molecule has 0 aliphatic carbocycles. The van der Waals surface area contributed by atoms with Crippen LogP contribution >= 0.6 is 11.8 Å². The molecule has 0 bridgehead atoms. The van der Waals surface area contributed by atoms with Crippen molar-refractivity contribution in [3.05, 3.63) is 45.3 Å². The molecule has 2 aromatic rings. The maximum Gasteiger partial charge on any atom is 0.336 e. The molecule has 0 saturated heterocycles. The van der Waals surface area contributed by atoms with E-state index in [2.05, 4.69) is 19.2 Å². The van der Waals surface area contributed by atoms with Crippen LogP contribution in [0.2, 0.25) is 0 Å². The van der Waals surface area contributed by atoms with Crippen molar-refractivity contribution in [3.8, 4) is 0 Å². The fourth-order valence-electron chi connectivity index (χ4n) is 2.62. The number of amides is 1. The lowest BCUT2D eigenvalue weighted by atomic mass is 10.0. The molecule has 0 aliphatic heterocycles. The van der Waals surface area contributed by atoms with Crippen molar-refractivity contribution in [2.45, 2.75) is 52.3 Å². The molecule has 1 N–H and O–H groups in total. The molecule has 0 saturated carbocycles. The fourth-order valence-corrected chi connectivity index (χ4v) is 3.45. The van der Waals surface area contributed by atoms with E-state index in [1.54, 1.807) is 0 Å². The SMILES string of the molecule is CCC(CC)NC(=O)CSCc1cc(=O)oc2cc(C)c(C)cc12. The number of nitrogens with one attached hydrogen (secondary N) is 1. The van der Waals surface area contributed by atoms with E-state index in [0.717, 1.165) is 34.9 Å². The van der Waals surface area contributed by atoms with E-state index < -0.39 is 0 Å². The second-order valence-electron chi connectivity index (χ2n) is 6.10. The third-order valence-electron chi connectivity index (χ3n) is 4.29. The normalized spacial score (nSPS) is 11.2. The second-order valence-corrected chi connectivity index (χ2v) is 7.08. The fraction of sp³-hybridized carbons (Fsp3) is 0.474. The van der Waals surface area contributed by atoms with Crippen molar-refractivity contribution in [3.63, 3.8) is 0 Å². The van der Waals surface area contributed by atoms with Gasteiger partial charge in [-0.1, -0.05) is 13.8 Å². The number of thioether (sulfide) groups is 1. The summed E-state index contributed by atoms with van der Waals surface area (Å²) in [6.07, 6.45) is 1.88. The lowest BCUT2D eigenvalue weighted by Gasteiger charge is -2.14. The first kappa shape index (κ1) is 18.6. The molecule has 0 radical (unpaired) electrons. The molecule has 130 valence electrons. The van der Waals surface area contributed by atoms with Crippen LogP contribution in [0.5, 0.6) is 0 Å². The minimum absolute atomic E-state index is 0.0491. The quantitative estimate of drug-likeness (QED) is 0.771. The Hall–Kier alpha value is -1.75. The van der Waals surface area contributed by atoms with Gasteiger partial charge >= 0.3 is 5.63 Å². The molecule has 0 unspecified atom stereocenters. The smallest absolute Gasteiger partial charge is 0.336 e. The summed E-state index contributed by atoms with van der Waals surface area (Å²) in [6.45, 7) is 8.18. The van der Waals surface area contributed by atoms with Crippen molar-refractivity contribution in [1.29, 1.82) is 0 Å². The van der Waals surface area contributed by atoms with E-state index in [-0.39, 0.29) is 17.6 Å². The molecular weight excluding hydrogens is 322 g/mol. The number of aryl methyl sites for hydroxylation is 2. The predicted molar refractivity (Wildman–Crippen MR) is 101 cm³/mol. The van der Waals surface area contributed by atoms with Gasteiger partial charge in [0.25, 0.3) is 0 Å². The first-order chi connectivity index (χ1) is 11.4. The standard InChI is InChI=1S/C19H25NO3S/c1-5-15(6-2)20-18(21)11-24-10-14-9-19(22)23-17-8-13(4)12(3)7-16(14)17/h7-9,15H,5-6,10-11H2,1-4H3,(H,20,21). The third kappa shape index (κ3) is 4.63. The molecule has 0 atom stereocenters. The first-order valence-corrected chi connectivity index (χ1v) is 9.51. The minimum atomic E-state index is -0.345. The van der Waals surface area contributed by atoms with Crippen LogP contribution in [0.4, 0.5) is 0 Å². The van der Waals surface area contributed by atoms with E-state index in [0.29, 0.717) is 17.1 Å². The van der Waals surface area contributed by atoms with Crippen molar-refractivity contribution in [2.24, 2.45) is 0 Å². The van der Waals surface area contributed by atoms with E-state index in [9.17, 15) is 9.59 Å². The van der Waals surface area contributed by atoms with Crippen LogP contribution in [0.1, 0.15) is 43.4 Å². The summed E-state index contributed by atoms with van der Waals surface area (Å²) in [5.41, 5.74) is 3.45. The zero-order valence-electron chi connectivity index (χ0n) is 14.8.